The topological polar surface area (TPSA) is 29.1 Å². The maximum atomic E-state index is 9.93. The SMILES string of the molecule is CCNC(C)=O.Cl.Cl. The van der Waals surface area contributed by atoms with Gasteiger partial charge in [-0.2, -0.15) is 0 Å². The highest BCUT2D eigenvalue weighted by Crippen LogP contribution is 1.54. The number of halogens is 2. The molecule has 0 aliphatic carbocycles. The second kappa shape index (κ2) is 10.1. The Hall–Kier alpha value is 0.0500. The predicted octanol–water partition coefficient (Wildman–Crippen LogP) is 0.986. The van der Waals surface area contributed by atoms with Crippen molar-refractivity contribution in [1.82, 2.24) is 5.32 Å². The van der Waals surface area contributed by atoms with E-state index < -0.39 is 0 Å². The molecular weight excluding hydrogens is 149 g/mol. The molecule has 0 aliphatic rings. The van der Waals surface area contributed by atoms with Crippen LogP contribution in [0.2, 0.25) is 0 Å². The van der Waals surface area contributed by atoms with E-state index in [1.54, 1.807) is 0 Å². The average Bonchev–Trinajstić information content (AvgIpc) is 1.35. The number of rotatable bonds is 1. The third-order valence-electron chi connectivity index (χ3n) is 0.426. The lowest BCUT2D eigenvalue weighted by Gasteiger charge is -1.88. The minimum absolute atomic E-state index is 0. The zero-order valence-corrected chi connectivity index (χ0v) is 6.56. The number of nitrogens with one attached hydrogen (secondary N) is 1. The third kappa shape index (κ3) is 16.6. The molecule has 0 aromatic carbocycles. The molecule has 0 heterocycles. The highest BCUT2D eigenvalue weighted by atomic mass is 35.5. The number of carbonyl (C=O) groups is 1. The van der Waals surface area contributed by atoms with Crippen LogP contribution < -0.4 is 5.32 Å². The van der Waals surface area contributed by atoms with Crippen molar-refractivity contribution in [2.24, 2.45) is 0 Å². The number of amides is 1. The van der Waals surface area contributed by atoms with Gasteiger partial charge in [-0.1, -0.05) is 0 Å². The molecule has 0 saturated heterocycles. The first-order chi connectivity index (χ1) is 2.77. The first kappa shape index (κ1) is 15.7. The first-order valence-corrected chi connectivity index (χ1v) is 2.01. The Bertz CT molecular complexity index is 58.0. The van der Waals surface area contributed by atoms with Crippen LogP contribution in [-0.2, 0) is 4.79 Å². The van der Waals surface area contributed by atoms with Gasteiger partial charge in [-0.25, -0.2) is 0 Å². The summed E-state index contributed by atoms with van der Waals surface area (Å²) in [6.07, 6.45) is 0. The zero-order valence-electron chi connectivity index (χ0n) is 4.93. The summed E-state index contributed by atoms with van der Waals surface area (Å²) in [5.74, 6) is 0.0394. The van der Waals surface area contributed by atoms with Gasteiger partial charge in [0.1, 0.15) is 0 Å². The Morgan fingerprint density at radius 2 is 1.88 bits per heavy atom. The maximum Gasteiger partial charge on any atom is 0.216 e. The molecule has 0 atom stereocenters. The molecule has 52 valence electrons. The summed E-state index contributed by atoms with van der Waals surface area (Å²) in [6, 6.07) is 0. The molecule has 0 fully saturated rings. The van der Waals surface area contributed by atoms with E-state index >= 15 is 0 Å². The molecule has 0 radical (unpaired) electrons. The Kier molecular flexibility index (Phi) is 19.8. The fourth-order valence-electron chi connectivity index (χ4n) is 0.249. The Balaban J connectivity index is -0.000000125. The van der Waals surface area contributed by atoms with Crippen LogP contribution in [0.1, 0.15) is 13.8 Å². The van der Waals surface area contributed by atoms with Gasteiger partial charge in [0.25, 0.3) is 0 Å². The van der Waals surface area contributed by atoms with Crippen molar-refractivity contribution in [3.63, 3.8) is 0 Å². The lowest BCUT2D eigenvalue weighted by molar-refractivity contribution is -0.118. The second-order valence-corrected chi connectivity index (χ2v) is 1.09. The summed E-state index contributed by atoms with van der Waals surface area (Å²) in [5.41, 5.74) is 0. The summed E-state index contributed by atoms with van der Waals surface area (Å²) in [7, 11) is 0. The summed E-state index contributed by atoms with van der Waals surface area (Å²) in [6.45, 7) is 4.13. The molecule has 0 bridgehead atoms. The van der Waals surface area contributed by atoms with Gasteiger partial charge in [0, 0.05) is 13.5 Å². The molecule has 0 aromatic rings. The molecule has 2 nitrogen and oxygen atoms in total. The van der Waals surface area contributed by atoms with Crippen molar-refractivity contribution in [3.8, 4) is 0 Å². The fourth-order valence-corrected chi connectivity index (χ4v) is 0.249. The Labute approximate surface area is 61.9 Å². The molecule has 0 aliphatic heterocycles. The molecule has 8 heavy (non-hydrogen) atoms. The van der Waals surface area contributed by atoms with Gasteiger partial charge in [0.05, 0.1) is 0 Å². The molecule has 0 aromatic heterocycles. The van der Waals surface area contributed by atoms with Crippen molar-refractivity contribution in [2.45, 2.75) is 13.8 Å². The molecular formula is C4H11Cl2NO. The zero-order chi connectivity index (χ0) is 4.99. The van der Waals surface area contributed by atoms with Gasteiger partial charge in [-0.15, -0.1) is 24.8 Å². The summed E-state index contributed by atoms with van der Waals surface area (Å²) >= 11 is 0. The van der Waals surface area contributed by atoms with E-state index in [-0.39, 0.29) is 30.7 Å². The first-order valence-electron chi connectivity index (χ1n) is 2.01. The van der Waals surface area contributed by atoms with Crippen LogP contribution in [0.15, 0.2) is 0 Å². The molecule has 0 saturated carbocycles. The second-order valence-electron chi connectivity index (χ2n) is 1.09. The predicted molar refractivity (Wildman–Crippen MR) is 38.9 cm³/mol. The molecule has 0 spiro atoms. The van der Waals surface area contributed by atoms with Gasteiger partial charge in [0.2, 0.25) is 5.91 Å². The summed E-state index contributed by atoms with van der Waals surface area (Å²) < 4.78 is 0. The average molecular weight is 160 g/mol. The van der Waals surface area contributed by atoms with E-state index in [2.05, 4.69) is 5.32 Å². The van der Waals surface area contributed by atoms with Crippen molar-refractivity contribution in [2.75, 3.05) is 6.54 Å². The lowest BCUT2D eigenvalue weighted by Crippen LogP contribution is -2.18. The number of hydrogen-bond donors (Lipinski definition) is 1. The van der Waals surface area contributed by atoms with Crippen molar-refractivity contribution in [3.05, 3.63) is 0 Å². The van der Waals surface area contributed by atoms with E-state index in [9.17, 15) is 4.79 Å². The normalized spacial score (nSPS) is 5.75. The lowest BCUT2D eigenvalue weighted by atomic mass is 10.6. The molecule has 4 heteroatoms. The fraction of sp³-hybridized carbons (Fsp3) is 0.750. The minimum Gasteiger partial charge on any atom is -0.357 e. The quantitative estimate of drug-likeness (QED) is 0.608. The standard InChI is InChI=1S/C4H9NO.2ClH/c1-3-5-4(2)6;;/h3H2,1-2H3,(H,5,6);2*1H. The maximum absolute atomic E-state index is 9.93. The van der Waals surface area contributed by atoms with E-state index in [1.165, 1.54) is 6.92 Å². The highest BCUT2D eigenvalue weighted by Gasteiger charge is 1.78. The van der Waals surface area contributed by atoms with Crippen molar-refractivity contribution >= 4 is 30.7 Å². The largest absolute Gasteiger partial charge is 0.357 e. The van der Waals surface area contributed by atoms with E-state index in [0.717, 1.165) is 6.54 Å². The van der Waals surface area contributed by atoms with Crippen LogP contribution in [0.3, 0.4) is 0 Å². The monoisotopic (exact) mass is 159 g/mol. The van der Waals surface area contributed by atoms with Gasteiger partial charge in [0.15, 0.2) is 0 Å². The van der Waals surface area contributed by atoms with Crippen molar-refractivity contribution in [1.29, 1.82) is 0 Å². The number of carbonyl (C=O) groups excluding carboxylic acids is 1. The third-order valence-corrected chi connectivity index (χ3v) is 0.426. The highest BCUT2D eigenvalue weighted by molar-refractivity contribution is 5.85. The summed E-state index contributed by atoms with van der Waals surface area (Å²) in [4.78, 5) is 9.93. The molecule has 0 rings (SSSR count). The van der Waals surface area contributed by atoms with Gasteiger partial charge < -0.3 is 5.32 Å². The van der Waals surface area contributed by atoms with Crippen LogP contribution in [-0.4, -0.2) is 12.5 Å². The summed E-state index contributed by atoms with van der Waals surface area (Å²) in [5, 5.41) is 2.57. The van der Waals surface area contributed by atoms with E-state index in [4.69, 9.17) is 0 Å². The Morgan fingerprint density at radius 3 is 1.88 bits per heavy atom. The molecule has 1 N–H and O–H groups in total. The van der Waals surface area contributed by atoms with Crippen LogP contribution in [0, 0.1) is 0 Å². The van der Waals surface area contributed by atoms with Crippen LogP contribution in [0.25, 0.3) is 0 Å². The van der Waals surface area contributed by atoms with Crippen molar-refractivity contribution < 1.29 is 4.79 Å². The minimum atomic E-state index is 0. The molecule has 1 amide bonds. The van der Waals surface area contributed by atoms with E-state index in [0.29, 0.717) is 0 Å². The molecule has 0 unspecified atom stereocenters. The smallest absolute Gasteiger partial charge is 0.216 e. The van der Waals surface area contributed by atoms with Gasteiger partial charge >= 0.3 is 0 Å². The van der Waals surface area contributed by atoms with Gasteiger partial charge in [-0.3, -0.25) is 4.79 Å². The van der Waals surface area contributed by atoms with Gasteiger partial charge in [-0.05, 0) is 6.92 Å². The Morgan fingerprint density at radius 1 is 1.50 bits per heavy atom. The van der Waals surface area contributed by atoms with Crippen LogP contribution in [0.4, 0.5) is 0 Å². The van der Waals surface area contributed by atoms with Crippen LogP contribution >= 0.6 is 24.8 Å². The van der Waals surface area contributed by atoms with E-state index in [1.807, 2.05) is 6.92 Å². The van der Waals surface area contributed by atoms with Crippen LogP contribution in [0.5, 0.6) is 0 Å². The number of hydrogen-bond acceptors (Lipinski definition) is 1.